The molecule has 0 radical (unpaired) electrons. The summed E-state index contributed by atoms with van der Waals surface area (Å²) >= 11 is 0. The Labute approximate surface area is 198 Å². The lowest BCUT2D eigenvalue weighted by Crippen LogP contribution is -2.52. The van der Waals surface area contributed by atoms with E-state index in [1.54, 1.807) is 36.4 Å². The van der Waals surface area contributed by atoms with E-state index >= 15 is 0 Å². The van der Waals surface area contributed by atoms with Gasteiger partial charge in [0.15, 0.2) is 0 Å². The summed E-state index contributed by atoms with van der Waals surface area (Å²) in [6, 6.07) is 12.5. The number of aromatic hydroxyl groups is 1. The number of phenols is 1. The summed E-state index contributed by atoms with van der Waals surface area (Å²) in [5.41, 5.74) is 5.30. The molecule has 0 aromatic heterocycles. The molecule has 178 valence electrons. The van der Waals surface area contributed by atoms with Gasteiger partial charge in [-0.05, 0) is 29.2 Å². The predicted octanol–water partition coefficient (Wildman–Crippen LogP) is 1.54. The molecule has 3 rings (SSSR count). The maximum atomic E-state index is 12.5. The van der Waals surface area contributed by atoms with Gasteiger partial charge in [0.25, 0.3) is 5.91 Å². The van der Waals surface area contributed by atoms with E-state index in [4.69, 9.17) is 5.11 Å². The number of benzene rings is 2. The molecule has 0 aliphatic carbocycles. The van der Waals surface area contributed by atoms with Crippen molar-refractivity contribution < 1.29 is 24.6 Å². The molecule has 0 saturated carbocycles. The number of para-hydroxylation sites is 1. The summed E-state index contributed by atoms with van der Waals surface area (Å²) in [5, 5.41) is 23.0. The van der Waals surface area contributed by atoms with Gasteiger partial charge in [-0.15, -0.1) is 6.58 Å². The standard InChI is InChI=1S/C25H28N4O5/c1-2-4-20-5-3-6-21(25(20)34)14-26-27-22(30)16-29-12-11-28(17-23(29)31)15-19-9-7-18(8-10-19)13-24(32)33/h2-3,5-10,14,34H,1,4,11-13,15-17H2,(H,27,30)(H,32,33)/b26-14+. The Kier molecular flexibility index (Phi) is 8.53. The third kappa shape index (κ3) is 7.01. The lowest BCUT2D eigenvalue weighted by molar-refractivity contribution is -0.140. The number of nitrogens with zero attached hydrogens (tertiary/aromatic N) is 3. The maximum absolute atomic E-state index is 12.5. The van der Waals surface area contributed by atoms with Crippen molar-refractivity contribution in [3.8, 4) is 5.75 Å². The zero-order valence-electron chi connectivity index (χ0n) is 18.8. The number of hydrazone groups is 1. The molecule has 1 heterocycles. The fraction of sp³-hybridized carbons (Fsp3) is 0.280. The molecule has 2 aromatic carbocycles. The maximum Gasteiger partial charge on any atom is 0.307 e. The number of piperazine rings is 1. The van der Waals surface area contributed by atoms with Crippen molar-refractivity contribution in [1.82, 2.24) is 15.2 Å². The summed E-state index contributed by atoms with van der Waals surface area (Å²) in [7, 11) is 0. The molecule has 3 N–H and O–H groups in total. The molecule has 0 bridgehead atoms. The van der Waals surface area contributed by atoms with Gasteiger partial charge in [0.05, 0.1) is 19.2 Å². The lowest BCUT2D eigenvalue weighted by Gasteiger charge is -2.33. The topological polar surface area (TPSA) is 123 Å². The average molecular weight is 465 g/mol. The summed E-state index contributed by atoms with van der Waals surface area (Å²) in [6.45, 7) is 5.34. The quantitative estimate of drug-likeness (QED) is 0.279. The summed E-state index contributed by atoms with van der Waals surface area (Å²) < 4.78 is 0. The van der Waals surface area contributed by atoms with Crippen molar-refractivity contribution in [1.29, 1.82) is 0 Å². The molecular formula is C25H28N4O5. The first-order valence-electron chi connectivity index (χ1n) is 10.9. The number of amides is 2. The fourth-order valence-electron chi connectivity index (χ4n) is 3.67. The van der Waals surface area contributed by atoms with E-state index in [9.17, 15) is 19.5 Å². The molecule has 0 unspecified atom stereocenters. The van der Waals surface area contributed by atoms with E-state index in [2.05, 4.69) is 17.1 Å². The number of carbonyl (C=O) groups is 3. The van der Waals surface area contributed by atoms with E-state index in [1.807, 2.05) is 17.0 Å². The number of aliphatic carboxylic acids is 1. The first-order chi connectivity index (χ1) is 16.4. The normalized spacial score (nSPS) is 14.4. The van der Waals surface area contributed by atoms with E-state index in [0.717, 1.165) is 11.1 Å². The molecular weight excluding hydrogens is 436 g/mol. The Morgan fingerprint density at radius 2 is 1.85 bits per heavy atom. The van der Waals surface area contributed by atoms with Gasteiger partial charge in [-0.2, -0.15) is 5.10 Å². The van der Waals surface area contributed by atoms with Crippen LogP contribution in [0, 0.1) is 0 Å². The number of rotatable bonds is 10. The molecule has 2 amide bonds. The summed E-state index contributed by atoms with van der Waals surface area (Å²) in [5.74, 6) is -1.36. The Balaban J connectivity index is 1.46. The van der Waals surface area contributed by atoms with Crippen LogP contribution in [0.3, 0.4) is 0 Å². The van der Waals surface area contributed by atoms with Gasteiger partial charge in [0, 0.05) is 25.2 Å². The fourth-order valence-corrected chi connectivity index (χ4v) is 3.67. The second-order valence-electron chi connectivity index (χ2n) is 8.05. The van der Waals surface area contributed by atoms with Crippen molar-refractivity contribution >= 4 is 24.0 Å². The van der Waals surface area contributed by atoms with E-state index in [0.29, 0.717) is 37.2 Å². The number of carboxylic acid groups (broad SMARTS) is 1. The van der Waals surface area contributed by atoms with Gasteiger partial charge in [-0.25, -0.2) is 5.43 Å². The van der Waals surface area contributed by atoms with Crippen molar-refractivity contribution in [2.24, 2.45) is 5.10 Å². The SMILES string of the molecule is C=CCc1cccc(/C=N/NC(=O)CN2CCN(Cc3ccc(CC(=O)O)cc3)CC2=O)c1O. The monoisotopic (exact) mass is 464 g/mol. The van der Waals surface area contributed by atoms with Crippen molar-refractivity contribution in [3.05, 3.63) is 77.4 Å². The van der Waals surface area contributed by atoms with Crippen molar-refractivity contribution in [3.63, 3.8) is 0 Å². The zero-order valence-corrected chi connectivity index (χ0v) is 18.8. The van der Waals surface area contributed by atoms with Crippen LogP contribution in [0.15, 0.2) is 60.2 Å². The van der Waals surface area contributed by atoms with Gasteiger partial charge in [0.2, 0.25) is 5.91 Å². The molecule has 1 aliphatic heterocycles. The summed E-state index contributed by atoms with van der Waals surface area (Å²) in [4.78, 5) is 39.0. The highest BCUT2D eigenvalue weighted by molar-refractivity contribution is 5.88. The van der Waals surface area contributed by atoms with Crippen LogP contribution >= 0.6 is 0 Å². The Hall–Kier alpha value is -3.98. The Bertz CT molecular complexity index is 1080. The molecule has 2 aromatic rings. The molecule has 1 saturated heterocycles. The second-order valence-corrected chi connectivity index (χ2v) is 8.05. The lowest BCUT2D eigenvalue weighted by atomic mass is 10.1. The number of hydrogen-bond acceptors (Lipinski definition) is 6. The van der Waals surface area contributed by atoms with Gasteiger partial charge in [-0.3, -0.25) is 19.3 Å². The number of carboxylic acids is 1. The molecule has 1 fully saturated rings. The molecule has 0 atom stereocenters. The number of carbonyl (C=O) groups excluding carboxylic acids is 2. The number of phenolic OH excluding ortho intramolecular Hbond substituents is 1. The largest absolute Gasteiger partial charge is 0.507 e. The van der Waals surface area contributed by atoms with E-state index in [-0.39, 0.29) is 31.2 Å². The van der Waals surface area contributed by atoms with Crippen LogP contribution in [0.25, 0.3) is 0 Å². The van der Waals surface area contributed by atoms with Crippen molar-refractivity contribution in [2.75, 3.05) is 26.2 Å². The minimum absolute atomic E-state index is 0.0214. The average Bonchev–Trinajstić information content (AvgIpc) is 2.79. The van der Waals surface area contributed by atoms with Crippen LogP contribution in [-0.4, -0.2) is 70.2 Å². The number of hydrogen-bond donors (Lipinski definition) is 3. The first-order valence-corrected chi connectivity index (χ1v) is 10.9. The van der Waals surface area contributed by atoms with Crippen LogP contribution in [-0.2, 0) is 33.8 Å². The van der Waals surface area contributed by atoms with E-state index in [1.165, 1.54) is 11.1 Å². The second kappa shape index (κ2) is 11.8. The highest BCUT2D eigenvalue weighted by atomic mass is 16.4. The van der Waals surface area contributed by atoms with Crippen LogP contribution in [0.4, 0.5) is 0 Å². The molecule has 34 heavy (non-hydrogen) atoms. The van der Waals surface area contributed by atoms with Crippen LogP contribution in [0.1, 0.15) is 22.3 Å². The number of allylic oxidation sites excluding steroid dienone is 1. The van der Waals surface area contributed by atoms with Crippen LogP contribution in [0.5, 0.6) is 5.75 Å². The molecule has 1 aliphatic rings. The highest BCUT2D eigenvalue weighted by Crippen LogP contribution is 2.21. The predicted molar refractivity (Wildman–Crippen MR) is 127 cm³/mol. The third-order valence-corrected chi connectivity index (χ3v) is 5.42. The van der Waals surface area contributed by atoms with Gasteiger partial charge in [-0.1, -0.05) is 42.5 Å². The molecule has 9 nitrogen and oxygen atoms in total. The number of nitrogens with one attached hydrogen (secondary N) is 1. The smallest absolute Gasteiger partial charge is 0.307 e. The Morgan fingerprint density at radius 3 is 2.53 bits per heavy atom. The minimum atomic E-state index is -0.875. The van der Waals surface area contributed by atoms with Crippen LogP contribution in [0.2, 0.25) is 0 Å². The Morgan fingerprint density at radius 1 is 1.12 bits per heavy atom. The zero-order chi connectivity index (χ0) is 24.5. The van der Waals surface area contributed by atoms with Gasteiger partial charge < -0.3 is 15.1 Å². The minimum Gasteiger partial charge on any atom is -0.507 e. The van der Waals surface area contributed by atoms with E-state index < -0.39 is 11.9 Å². The first kappa shape index (κ1) is 24.7. The summed E-state index contributed by atoms with van der Waals surface area (Å²) in [6.07, 6.45) is 3.55. The van der Waals surface area contributed by atoms with Crippen LogP contribution < -0.4 is 5.43 Å². The van der Waals surface area contributed by atoms with Crippen molar-refractivity contribution in [2.45, 2.75) is 19.4 Å². The van der Waals surface area contributed by atoms with Gasteiger partial charge in [0.1, 0.15) is 12.3 Å². The highest BCUT2D eigenvalue weighted by Gasteiger charge is 2.25. The molecule has 9 heteroatoms. The molecule has 0 spiro atoms. The third-order valence-electron chi connectivity index (χ3n) is 5.42. The van der Waals surface area contributed by atoms with Gasteiger partial charge >= 0.3 is 5.97 Å².